The summed E-state index contributed by atoms with van der Waals surface area (Å²) >= 11 is 0. The van der Waals surface area contributed by atoms with Crippen LogP contribution in [-0.4, -0.2) is 31.8 Å². The Morgan fingerprint density at radius 3 is 2.69 bits per heavy atom. The van der Waals surface area contributed by atoms with Gasteiger partial charge in [0.25, 0.3) is 0 Å². The molecule has 1 rings (SSSR count). The zero-order valence-corrected chi connectivity index (χ0v) is 7.56. The van der Waals surface area contributed by atoms with Crippen molar-refractivity contribution in [2.45, 2.75) is 32.4 Å². The zero-order chi connectivity index (χ0) is 9.52. The summed E-state index contributed by atoms with van der Waals surface area (Å²) in [5.74, 6) is 0. The number of aliphatic hydroxyl groups excluding tert-OH is 2. The number of nitrogens with zero attached hydrogens (tertiary/aromatic N) is 3. The molecule has 0 spiro atoms. The Balaban J connectivity index is 2.20. The lowest BCUT2D eigenvalue weighted by molar-refractivity contribution is 0.276. The van der Waals surface area contributed by atoms with Gasteiger partial charge in [-0.3, -0.25) is 4.68 Å². The lowest BCUT2D eigenvalue weighted by Gasteiger charge is -1.98. The van der Waals surface area contributed by atoms with Crippen LogP contribution in [0.3, 0.4) is 0 Å². The minimum absolute atomic E-state index is 0.0589. The zero-order valence-electron chi connectivity index (χ0n) is 7.56. The molecule has 0 radical (unpaired) electrons. The molecular formula is C8H15N3O2. The van der Waals surface area contributed by atoms with Gasteiger partial charge in [0.15, 0.2) is 0 Å². The third-order valence-corrected chi connectivity index (χ3v) is 1.79. The normalized spacial score (nSPS) is 10.6. The van der Waals surface area contributed by atoms with Gasteiger partial charge in [0.05, 0.1) is 12.8 Å². The van der Waals surface area contributed by atoms with E-state index in [0.29, 0.717) is 5.69 Å². The van der Waals surface area contributed by atoms with Gasteiger partial charge in [-0.2, -0.15) is 0 Å². The summed E-state index contributed by atoms with van der Waals surface area (Å²) in [6.07, 6.45) is 4.54. The summed E-state index contributed by atoms with van der Waals surface area (Å²) in [6.45, 7) is 0.989. The average molecular weight is 185 g/mol. The van der Waals surface area contributed by atoms with E-state index >= 15 is 0 Å². The molecule has 0 bridgehead atoms. The van der Waals surface area contributed by atoms with Crippen LogP contribution in [0.4, 0.5) is 0 Å². The van der Waals surface area contributed by atoms with E-state index in [-0.39, 0.29) is 13.2 Å². The summed E-state index contributed by atoms with van der Waals surface area (Å²) in [7, 11) is 0. The minimum atomic E-state index is -0.0589. The van der Waals surface area contributed by atoms with Crippen LogP contribution in [-0.2, 0) is 13.2 Å². The van der Waals surface area contributed by atoms with Gasteiger partial charge >= 0.3 is 0 Å². The molecule has 5 nitrogen and oxygen atoms in total. The molecule has 0 atom stereocenters. The fourth-order valence-corrected chi connectivity index (χ4v) is 1.08. The van der Waals surface area contributed by atoms with Crippen LogP contribution in [0.2, 0.25) is 0 Å². The molecule has 0 saturated carbocycles. The third-order valence-electron chi connectivity index (χ3n) is 1.79. The highest BCUT2D eigenvalue weighted by molar-refractivity contribution is 4.88. The van der Waals surface area contributed by atoms with E-state index in [4.69, 9.17) is 10.2 Å². The Hall–Kier alpha value is -0.940. The molecule has 0 aliphatic rings. The molecular weight excluding hydrogens is 170 g/mol. The first-order valence-electron chi connectivity index (χ1n) is 4.47. The second-order valence-corrected chi connectivity index (χ2v) is 2.92. The van der Waals surface area contributed by atoms with Crippen LogP contribution in [0.15, 0.2) is 6.20 Å². The van der Waals surface area contributed by atoms with Crippen LogP contribution in [0.1, 0.15) is 25.0 Å². The van der Waals surface area contributed by atoms with Gasteiger partial charge in [0.2, 0.25) is 0 Å². The Morgan fingerprint density at radius 2 is 2.08 bits per heavy atom. The van der Waals surface area contributed by atoms with E-state index in [1.54, 1.807) is 10.9 Å². The monoisotopic (exact) mass is 185 g/mol. The fourth-order valence-electron chi connectivity index (χ4n) is 1.08. The maximum atomic E-state index is 8.71. The van der Waals surface area contributed by atoms with E-state index in [1.165, 1.54) is 0 Å². The van der Waals surface area contributed by atoms with Crippen molar-refractivity contribution in [3.05, 3.63) is 11.9 Å². The molecule has 0 saturated heterocycles. The van der Waals surface area contributed by atoms with Crippen molar-refractivity contribution in [3.8, 4) is 0 Å². The summed E-state index contributed by atoms with van der Waals surface area (Å²) in [5, 5.41) is 24.8. The van der Waals surface area contributed by atoms with Gasteiger partial charge in [-0.05, 0) is 19.3 Å². The van der Waals surface area contributed by atoms with Gasteiger partial charge in [0.1, 0.15) is 5.69 Å². The second-order valence-electron chi connectivity index (χ2n) is 2.92. The van der Waals surface area contributed by atoms with Crippen LogP contribution < -0.4 is 0 Å². The molecule has 74 valence electrons. The quantitative estimate of drug-likeness (QED) is 0.609. The largest absolute Gasteiger partial charge is 0.396 e. The fraction of sp³-hybridized carbons (Fsp3) is 0.750. The van der Waals surface area contributed by atoms with Crippen molar-refractivity contribution < 1.29 is 10.2 Å². The number of hydrogen-bond acceptors (Lipinski definition) is 4. The van der Waals surface area contributed by atoms with Crippen molar-refractivity contribution in [2.75, 3.05) is 6.61 Å². The number of aliphatic hydroxyl groups is 2. The predicted molar refractivity (Wildman–Crippen MR) is 46.9 cm³/mol. The first-order chi connectivity index (χ1) is 6.36. The number of aryl methyl sites for hydroxylation is 1. The second kappa shape index (κ2) is 5.66. The Bertz CT molecular complexity index is 237. The molecule has 0 fully saturated rings. The van der Waals surface area contributed by atoms with Crippen molar-refractivity contribution in [2.24, 2.45) is 0 Å². The molecule has 1 heterocycles. The van der Waals surface area contributed by atoms with Crippen LogP contribution in [0.25, 0.3) is 0 Å². The first-order valence-corrected chi connectivity index (χ1v) is 4.47. The summed E-state index contributed by atoms with van der Waals surface area (Å²) < 4.78 is 1.71. The molecule has 0 unspecified atom stereocenters. The SMILES string of the molecule is OCCCCCn1cc(CO)nn1. The van der Waals surface area contributed by atoms with E-state index in [9.17, 15) is 0 Å². The highest BCUT2D eigenvalue weighted by Crippen LogP contribution is 1.98. The van der Waals surface area contributed by atoms with Gasteiger partial charge in [-0.15, -0.1) is 5.10 Å². The van der Waals surface area contributed by atoms with Crippen molar-refractivity contribution in [1.82, 2.24) is 15.0 Å². The highest BCUT2D eigenvalue weighted by atomic mass is 16.3. The first kappa shape index (κ1) is 10.1. The molecule has 13 heavy (non-hydrogen) atoms. The van der Waals surface area contributed by atoms with Gasteiger partial charge in [-0.1, -0.05) is 5.21 Å². The van der Waals surface area contributed by atoms with Crippen LogP contribution in [0.5, 0.6) is 0 Å². The number of hydrogen-bond donors (Lipinski definition) is 2. The third kappa shape index (κ3) is 3.52. The molecule has 0 amide bonds. The lowest BCUT2D eigenvalue weighted by atomic mass is 10.2. The van der Waals surface area contributed by atoms with E-state index in [2.05, 4.69) is 10.3 Å². The molecule has 1 aromatic rings. The summed E-state index contributed by atoms with van der Waals surface area (Å²) in [6, 6.07) is 0. The molecule has 0 aromatic carbocycles. The summed E-state index contributed by atoms with van der Waals surface area (Å²) in [5.41, 5.74) is 0.599. The van der Waals surface area contributed by atoms with Crippen molar-refractivity contribution >= 4 is 0 Å². The number of unbranched alkanes of at least 4 members (excludes halogenated alkanes) is 2. The molecule has 2 N–H and O–H groups in total. The Labute approximate surface area is 77.0 Å². The Morgan fingerprint density at radius 1 is 1.23 bits per heavy atom. The van der Waals surface area contributed by atoms with Gasteiger partial charge in [0, 0.05) is 13.2 Å². The maximum Gasteiger partial charge on any atom is 0.108 e. The van der Waals surface area contributed by atoms with E-state index in [1.807, 2.05) is 0 Å². The predicted octanol–water partition coefficient (Wildman–Crippen LogP) is -0.0670. The standard InChI is InChI=1S/C8H15N3O2/c12-5-3-1-2-4-11-6-8(7-13)9-10-11/h6,12-13H,1-5,7H2. The smallest absolute Gasteiger partial charge is 0.108 e. The summed E-state index contributed by atoms with van der Waals surface area (Å²) in [4.78, 5) is 0. The molecule has 0 aliphatic heterocycles. The topological polar surface area (TPSA) is 71.2 Å². The average Bonchev–Trinajstić information content (AvgIpc) is 2.60. The van der Waals surface area contributed by atoms with E-state index < -0.39 is 0 Å². The van der Waals surface area contributed by atoms with Crippen molar-refractivity contribution in [1.29, 1.82) is 0 Å². The van der Waals surface area contributed by atoms with Crippen molar-refractivity contribution in [3.63, 3.8) is 0 Å². The molecule has 0 aliphatic carbocycles. The molecule has 1 aromatic heterocycles. The molecule has 5 heteroatoms. The minimum Gasteiger partial charge on any atom is -0.396 e. The van der Waals surface area contributed by atoms with E-state index in [0.717, 1.165) is 25.8 Å². The highest BCUT2D eigenvalue weighted by Gasteiger charge is 1.97. The van der Waals surface area contributed by atoms with Gasteiger partial charge < -0.3 is 10.2 Å². The number of rotatable bonds is 6. The number of aromatic nitrogens is 3. The maximum absolute atomic E-state index is 8.71. The van der Waals surface area contributed by atoms with Gasteiger partial charge in [-0.25, -0.2) is 0 Å². The van der Waals surface area contributed by atoms with Crippen LogP contribution >= 0.6 is 0 Å². The van der Waals surface area contributed by atoms with Crippen LogP contribution in [0, 0.1) is 0 Å². The Kier molecular flexibility index (Phi) is 4.42. The lowest BCUT2D eigenvalue weighted by Crippen LogP contribution is -1.99.